The number of para-hydroxylation sites is 1. The van der Waals surface area contributed by atoms with E-state index in [9.17, 15) is 0 Å². The van der Waals surface area contributed by atoms with Crippen molar-refractivity contribution in [1.29, 1.82) is 0 Å². The summed E-state index contributed by atoms with van der Waals surface area (Å²) in [7, 11) is 2.02. The maximum absolute atomic E-state index is 5.98. The van der Waals surface area contributed by atoms with Gasteiger partial charge in [-0.2, -0.15) is 0 Å². The molecule has 0 amide bonds. The van der Waals surface area contributed by atoms with Crippen LogP contribution in [0.25, 0.3) is 0 Å². The minimum Gasteiger partial charge on any atom is -0.493 e. The molecule has 1 aliphatic rings. The van der Waals surface area contributed by atoms with Crippen LogP contribution >= 0.6 is 0 Å². The Morgan fingerprint density at radius 1 is 1.24 bits per heavy atom. The lowest BCUT2D eigenvalue weighted by molar-refractivity contribution is 0.296. The first-order valence-corrected chi connectivity index (χ1v) is 9.08. The fourth-order valence-corrected chi connectivity index (χ4v) is 2.63. The van der Waals surface area contributed by atoms with E-state index >= 15 is 0 Å². The molecular formula is C20H28N4O. The van der Waals surface area contributed by atoms with E-state index in [1.54, 1.807) is 0 Å². The second kappa shape index (κ2) is 8.60. The largest absolute Gasteiger partial charge is 0.493 e. The van der Waals surface area contributed by atoms with Gasteiger partial charge >= 0.3 is 0 Å². The smallest absolute Gasteiger partial charge is 0.191 e. The molecule has 0 unspecified atom stereocenters. The second-order valence-electron chi connectivity index (χ2n) is 6.60. The Labute approximate surface area is 150 Å². The van der Waals surface area contributed by atoms with Gasteiger partial charge in [0.2, 0.25) is 0 Å². The van der Waals surface area contributed by atoms with Crippen molar-refractivity contribution in [3.05, 3.63) is 53.9 Å². The van der Waals surface area contributed by atoms with Gasteiger partial charge in [0, 0.05) is 38.1 Å². The van der Waals surface area contributed by atoms with Gasteiger partial charge in [0.25, 0.3) is 0 Å². The quantitative estimate of drug-likeness (QED) is 0.573. The summed E-state index contributed by atoms with van der Waals surface area (Å²) in [6.45, 7) is 5.10. The van der Waals surface area contributed by atoms with E-state index < -0.39 is 0 Å². The summed E-state index contributed by atoms with van der Waals surface area (Å²) >= 11 is 0. The van der Waals surface area contributed by atoms with Crippen molar-refractivity contribution in [2.24, 2.45) is 18.0 Å². The first-order valence-electron chi connectivity index (χ1n) is 9.08. The molecule has 0 spiro atoms. The molecule has 5 heteroatoms. The van der Waals surface area contributed by atoms with E-state index in [0.29, 0.717) is 13.1 Å². The minimum absolute atomic E-state index is 0.663. The highest BCUT2D eigenvalue weighted by Gasteiger charge is 2.22. The van der Waals surface area contributed by atoms with Crippen LogP contribution in [0.2, 0.25) is 0 Å². The number of aromatic nitrogens is 1. The number of aliphatic imine (C=N–C) groups is 1. The fourth-order valence-electron chi connectivity index (χ4n) is 2.63. The molecule has 2 N–H and O–H groups in total. The number of ether oxygens (including phenoxy) is 1. The Bertz CT molecular complexity index is 703. The van der Waals surface area contributed by atoms with E-state index in [-0.39, 0.29) is 0 Å². The first-order chi connectivity index (χ1) is 12.2. The summed E-state index contributed by atoms with van der Waals surface area (Å²) in [5, 5.41) is 6.71. The van der Waals surface area contributed by atoms with Crippen LogP contribution in [0, 0.1) is 5.92 Å². The van der Waals surface area contributed by atoms with E-state index in [1.165, 1.54) is 18.4 Å². The zero-order valence-corrected chi connectivity index (χ0v) is 15.2. The molecule has 1 aromatic heterocycles. The molecular weight excluding hydrogens is 312 g/mol. The predicted molar refractivity (Wildman–Crippen MR) is 102 cm³/mol. The molecule has 1 aliphatic carbocycles. The standard InChI is InChI=1S/C20H28N4O/c1-3-21-20(22-12-17-10-11-24(2)14-17)23-13-18-6-4-5-7-19(18)25-15-16-8-9-16/h4-7,10-11,14,16H,3,8-9,12-13,15H2,1-2H3,(H2,21,22,23). The summed E-state index contributed by atoms with van der Waals surface area (Å²) in [6, 6.07) is 10.3. The summed E-state index contributed by atoms with van der Waals surface area (Å²) < 4.78 is 8.02. The summed E-state index contributed by atoms with van der Waals surface area (Å²) in [5.41, 5.74) is 2.36. The van der Waals surface area contributed by atoms with Crippen molar-refractivity contribution in [3.63, 3.8) is 0 Å². The average Bonchev–Trinajstić information content (AvgIpc) is 3.36. The number of aryl methyl sites for hydroxylation is 1. The van der Waals surface area contributed by atoms with Gasteiger partial charge in [0.05, 0.1) is 13.2 Å². The van der Waals surface area contributed by atoms with Gasteiger partial charge in [-0.25, -0.2) is 4.99 Å². The van der Waals surface area contributed by atoms with Crippen molar-refractivity contribution in [1.82, 2.24) is 15.2 Å². The highest BCUT2D eigenvalue weighted by Crippen LogP contribution is 2.30. The van der Waals surface area contributed by atoms with Crippen molar-refractivity contribution in [3.8, 4) is 5.75 Å². The van der Waals surface area contributed by atoms with Gasteiger partial charge in [-0.1, -0.05) is 18.2 Å². The molecule has 0 radical (unpaired) electrons. The van der Waals surface area contributed by atoms with Crippen molar-refractivity contribution in [2.45, 2.75) is 32.9 Å². The summed E-state index contributed by atoms with van der Waals surface area (Å²) in [4.78, 5) is 4.67. The number of benzene rings is 1. The van der Waals surface area contributed by atoms with Crippen LogP contribution in [0.1, 0.15) is 30.9 Å². The first kappa shape index (κ1) is 17.4. The Kier molecular flexibility index (Phi) is 5.99. The third kappa shape index (κ3) is 5.55. The molecule has 0 atom stereocenters. The lowest BCUT2D eigenvalue weighted by Crippen LogP contribution is -2.36. The third-order valence-electron chi connectivity index (χ3n) is 4.25. The highest BCUT2D eigenvalue weighted by molar-refractivity contribution is 5.79. The summed E-state index contributed by atoms with van der Waals surface area (Å²) in [5.74, 6) is 2.55. The molecule has 1 aromatic carbocycles. The van der Waals surface area contributed by atoms with E-state index in [2.05, 4.69) is 46.9 Å². The molecule has 5 nitrogen and oxygen atoms in total. The third-order valence-corrected chi connectivity index (χ3v) is 4.25. The monoisotopic (exact) mass is 340 g/mol. The Morgan fingerprint density at radius 2 is 2.08 bits per heavy atom. The Morgan fingerprint density at radius 3 is 2.80 bits per heavy atom. The SMILES string of the molecule is CCNC(=NCc1ccn(C)c1)NCc1ccccc1OCC1CC1. The molecule has 0 bridgehead atoms. The van der Waals surface area contributed by atoms with Crippen LogP contribution in [-0.4, -0.2) is 23.7 Å². The van der Waals surface area contributed by atoms with Crippen molar-refractivity contribution < 1.29 is 4.74 Å². The number of hydrogen-bond acceptors (Lipinski definition) is 2. The number of hydrogen-bond donors (Lipinski definition) is 2. The molecule has 1 fully saturated rings. The topological polar surface area (TPSA) is 50.6 Å². The second-order valence-corrected chi connectivity index (χ2v) is 6.60. The zero-order chi connectivity index (χ0) is 17.5. The molecule has 1 heterocycles. The number of rotatable bonds is 8. The van der Waals surface area contributed by atoms with E-state index in [0.717, 1.165) is 36.3 Å². The number of nitrogens with zero attached hydrogens (tertiary/aromatic N) is 2. The predicted octanol–water partition coefficient (Wildman–Crippen LogP) is 3.07. The normalized spacial score (nSPS) is 14.4. The van der Waals surface area contributed by atoms with Crippen LogP contribution in [0.4, 0.5) is 0 Å². The highest BCUT2D eigenvalue weighted by atomic mass is 16.5. The van der Waals surface area contributed by atoms with E-state index in [4.69, 9.17) is 4.74 Å². The van der Waals surface area contributed by atoms with Crippen molar-refractivity contribution >= 4 is 5.96 Å². The molecule has 0 saturated heterocycles. The Hall–Kier alpha value is -2.43. The maximum Gasteiger partial charge on any atom is 0.191 e. The number of guanidine groups is 1. The van der Waals surface area contributed by atoms with Crippen LogP contribution in [0.15, 0.2) is 47.7 Å². The van der Waals surface area contributed by atoms with Gasteiger partial charge in [0.15, 0.2) is 5.96 Å². The molecule has 3 rings (SSSR count). The van der Waals surface area contributed by atoms with Crippen LogP contribution in [-0.2, 0) is 20.1 Å². The molecule has 2 aromatic rings. The molecule has 1 saturated carbocycles. The fraction of sp³-hybridized carbons (Fsp3) is 0.450. The van der Waals surface area contributed by atoms with Crippen LogP contribution in [0.3, 0.4) is 0 Å². The average molecular weight is 340 g/mol. The molecule has 0 aliphatic heterocycles. The zero-order valence-electron chi connectivity index (χ0n) is 15.2. The van der Waals surface area contributed by atoms with Gasteiger partial charge in [-0.3, -0.25) is 0 Å². The number of nitrogens with one attached hydrogen (secondary N) is 2. The van der Waals surface area contributed by atoms with E-state index in [1.807, 2.05) is 29.9 Å². The summed E-state index contributed by atoms with van der Waals surface area (Å²) in [6.07, 6.45) is 6.74. The van der Waals surface area contributed by atoms with Gasteiger partial charge in [0.1, 0.15) is 5.75 Å². The lowest BCUT2D eigenvalue weighted by atomic mass is 10.2. The Balaban J connectivity index is 1.58. The molecule has 25 heavy (non-hydrogen) atoms. The van der Waals surface area contributed by atoms with Crippen LogP contribution in [0.5, 0.6) is 5.75 Å². The van der Waals surface area contributed by atoms with Gasteiger partial charge in [-0.05, 0) is 43.4 Å². The van der Waals surface area contributed by atoms with Gasteiger partial charge < -0.3 is 19.9 Å². The van der Waals surface area contributed by atoms with Crippen molar-refractivity contribution in [2.75, 3.05) is 13.2 Å². The van der Waals surface area contributed by atoms with Crippen LogP contribution < -0.4 is 15.4 Å². The maximum atomic E-state index is 5.98. The van der Waals surface area contributed by atoms with Gasteiger partial charge in [-0.15, -0.1) is 0 Å². The lowest BCUT2D eigenvalue weighted by Gasteiger charge is -2.14. The minimum atomic E-state index is 0.663. The molecule has 134 valence electrons.